The Morgan fingerprint density at radius 2 is 1.63 bits per heavy atom. The molecule has 0 aliphatic carbocycles. The number of aromatic nitrogens is 5. The fourth-order valence-corrected chi connectivity index (χ4v) is 5.45. The van der Waals surface area contributed by atoms with Crippen LogP contribution in [0.3, 0.4) is 0 Å². The average molecular weight is 498 g/mol. The Labute approximate surface area is 223 Å². The molecular weight excluding hydrogens is 466 g/mol. The van der Waals surface area contributed by atoms with E-state index in [2.05, 4.69) is 109 Å². The van der Waals surface area contributed by atoms with Crippen LogP contribution in [-0.2, 0) is 18.9 Å². The fourth-order valence-electron chi connectivity index (χ4n) is 5.45. The highest BCUT2D eigenvalue weighted by Gasteiger charge is 2.34. The van der Waals surface area contributed by atoms with Crippen molar-refractivity contribution in [1.82, 2.24) is 24.3 Å². The Bertz CT molecular complexity index is 1710. The minimum Gasteiger partial charge on any atom is -0.337 e. The van der Waals surface area contributed by atoms with Crippen LogP contribution >= 0.6 is 0 Å². The Morgan fingerprint density at radius 1 is 0.868 bits per heavy atom. The number of pyridine rings is 1. The van der Waals surface area contributed by atoms with E-state index < -0.39 is 0 Å². The molecule has 0 fully saturated rings. The van der Waals surface area contributed by atoms with Gasteiger partial charge in [-0.25, -0.2) is 9.67 Å². The van der Waals surface area contributed by atoms with Gasteiger partial charge in [0.25, 0.3) is 0 Å². The maximum absolute atomic E-state index is 4.85. The summed E-state index contributed by atoms with van der Waals surface area (Å²) in [5.41, 5.74) is 10.3. The minimum absolute atomic E-state index is 0.363. The lowest BCUT2D eigenvalue weighted by molar-refractivity contribution is 0.626. The summed E-state index contributed by atoms with van der Waals surface area (Å²) in [4.78, 5) is 9.32. The van der Waals surface area contributed by atoms with Gasteiger partial charge in [-0.2, -0.15) is 5.10 Å². The van der Waals surface area contributed by atoms with Gasteiger partial charge in [0.1, 0.15) is 0 Å². The zero-order chi connectivity index (χ0) is 26.3. The van der Waals surface area contributed by atoms with Crippen LogP contribution in [0, 0.1) is 13.8 Å². The van der Waals surface area contributed by atoms with E-state index in [0.29, 0.717) is 0 Å². The predicted molar refractivity (Wildman–Crippen MR) is 153 cm³/mol. The number of hydrogen-bond donors (Lipinski definition) is 0. The molecule has 0 aliphatic heterocycles. The summed E-state index contributed by atoms with van der Waals surface area (Å²) in [6.07, 6.45) is 10.5. The van der Waals surface area contributed by atoms with E-state index >= 15 is 0 Å². The highest BCUT2D eigenvalue weighted by Crippen LogP contribution is 2.40. The monoisotopic (exact) mass is 497 g/mol. The Kier molecular flexibility index (Phi) is 5.91. The van der Waals surface area contributed by atoms with Gasteiger partial charge >= 0.3 is 0 Å². The van der Waals surface area contributed by atoms with Gasteiger partial charge in [-0.1, -0.05) is 48.0 Å². The van der Waals surface area contributed by atoms with Crippen molar-refractivity contribution in [2.75, 3.05) is 0 Å². The summed E-state index contributed by atoms with van der Waals surface area (Å²) in [6.45, 7) is 6.64. The third-order valence-corrected chi connectivity index (χ3v) is 7.88. The second kappa shape index (κ2) is 9.42. The van der Waals surface area contributed by atoms with Crippen LogP contribution in [0.15, 0.2) is 104 Å². The molecule has 3 aromatic heterocycles. The first kappa shape index (κ1) is 23.9. The van der Waals surface area contributed by atoms with Gasteiger partial charge in [-0.05, 0) is 85.3 Å². The smallest absolute Gasteiger partial charge is 0.0945 e. The standard InChI is InChI=1S/C33H31N5/c1-23-6-10-27(11-7-23)33(3,32-21-34-22-37(32)4)28-12-15-31-30(19-28)24(2)26(20-35-31)18-25-8-13-29(14-9-25)38-17-5-16-36-38/h5-17,19-22H,18H2,1-4H3. The quantitative estimate of drug-likeness (QED) is 0.257. The van der Waals surface area contributed by atoms with Crippen LogP contribution < -0.4 is 0 Å². The van der Waals surface area contributed by atoms with Gasteiger partial charge in [0.05, 0.1) is 28.6 Å². The lowest BCUT2D eigenvalue weighted by Crippen LogP contribution is -2.28. The molecule has 0 spiro atoms. The number of nitrogens with zero attached hydrogens (tertiary/aromatic N) is 5. The van der Waals surface area contributed by atoms with Crippen molar-refractivity contribution in [1.29, 1.82) is 0 Å². The number of imidazole rings is 1. The minimum atomic E-state index is -0.363. The van der Waals surface area contributed by atoms with Gasteiger partial charge in [0.15, 0.2) is 0 Å². The first-order chi connectivity index (χ1) is 18.4. The molecule has 3 heterocycles. The van der Waals surface area contributed by atoms with Crippen LogP contribution in [0.4, 0.5) is 0 Å². The fraction of sp³-hybridized carbons (Fsp3) is 0.182. The SMILES string of the molecule is Cc1ccc(C(C)(c2ccc3ncc(Cc4ccc(-n5cccn5)cc4)c(C)c3c2)c2cncn2C)cc1. The Morgan fingerprint density at radius 3 is 2.32 bits per heavy atom. The lowest BCUT2D eigenvalue weighted by Gasteiger charge is -2.32. The molecule has 0 bridgehead atoms. The summed E-state index contributed by atoms with van der Waals surface area (Å²) < 4.78 is 4.00. The number of rotatable bonds is 6. The van der Waals surface area contributed by atoms with Crippen molar-refractivity contribution in [3.63, 3.8) is 0 Å². The van der Waals surface area contributed by atoms with Crippen LogP contribution in [0.1, 0.15) is 46.0 Å². The van der Waals surface area contributed by atoms with E-state index in [9.17, 15) is 0 Å². The lowest BCUT2D eigenvalue weighted by atomic mass is 9.73. The van der Waals surface area contributed by atoms with Crippen molar-refractivity contribution < 1.29 is 0 Å². The van der Waals surface area contributed by atoms with Crippen LogP contribution in [0.2, 0.25) is 0 Å². The van der Waals surface area contributed by atoms with Crippen molar-refractivity contribution in [3.05, 3.63) is 143 Å². The summed E-state index contributed by atoms with van der Waals surface area (Å²) in [5, 5.41) is 5.52. The molecule has 0 saturated heterocycles. The third-order valence-electron chi connectivity index (χ3n) is 7.88. The first-order valence-corrected chi connectivity index (χ1v) is 12.9. The molecule has 3 aromatic carbocycles. The molecule has 0 N–H and O–H groups in total. The summed E-state index contributed by atoms with van der Waals surface area (Å²) in [7, 11) is 2.07. The van der Waals surface area contributed by atoms with E-state index in [1.165, 1.54) is 38.8 Å². The zero-order valence-electron chi connectivity index (χ0n) is 22.3. The second-order valence-electron chi connectivity index (χ2n) is 10.3. The highest BCUT2D eigenvalue weighted by atomic mass is 15.3. The van der Waals surface area contributed by atoms with Crippen molar-refractivity contribution in [2.24, 2.45) is 7.05 Å². The largest absolute Gasteiger partial charge is 0.337 e. The van der Waals surface area contributed by atoms with Gasteiger partial charge < -0.3 is 4.57 Å². The summed E-state index contributed by atoms with van der Waals surface area (Å²) in [5.74, 6) is 0. The third kappa shape index (κ3) is 4.10. The molecule has 5 heteroatoms. The molecule has 1 unspecified atom stereocenters. The van der Waals surface area contributed by atoms with Crippen molar-refractivity contribution >= 4 is 10.9 Å². The molecule has 0 aliphatic rings. The molecule has 188 valence electrons. The van der Waals surface area contributed by atoms with E-state index in [0.717, 1.165) is 23.3 Å². The predicted octanol–water partition coefficient (Wildman–Crippen LogP) is 6.72. The first-order valence-electron chi connectivity index (χ1n) is 12.9. The van der Waals surface area contributed by atoms with E-state index in [1.807, 2.05) is 35.7 Å². The van der Waals surface area contributed by atoms with Gasteiger partial charge in [-0.3, -0.25) is 4.98 Å². The van der Waals surface area contributed by atoms with E-state index in [4.69, 9.17) is 4.98 Å². The molecule has 38 heavy (non-hydrogen) atoms. The topological polar surface area (TPSA) is 48.5 Å². The van der Waals surface area contributed by atoms with Gasteiger partial charge in [0, 0.05) is 37.2 Å². The molecule has 0 radical (unpaired) electrons. The van der Waals surface area contributed by atoms with Crippen LogP contribution in [0.5, 0.6) is 0 Å². The molecule has 6 aromatic rings. The van der Waals surface area contributed by atoms with E-state index in [-0.39, 0.29) is 5.41 Å². The molecule has 0 amide bonds. The van der Waals surface area contributed by atoms with Gasteiger partial charge in [0.2, 0.25) is 0 Å². The van der Waals surface area contributed by atoms with Crippen molar-refractivity contribution in [2.45, 2.75) is 32.6 Å². The van der Waals surface area contributed by atoms with Crippen LogP contribution in [0.25, 0.3) is 16.6 Å². The molecule has 5 nitrogen and oxygen atoms in total. The summed E-state index contributed by atoms with van der Waals surface area (Å²) >= 11 is 0. The zero-order valence-corrected chi connectivity index (χ0v) is 22.3. The maximum atomic E-state index is 4.85. The van der Waals surface area contributed by atoms with Crippen LogP contribution in [-0.4, -0.2) is 24.3 Å². The normalized spacial score (nSPS) is 13.1. The number of hydrogen-bond acceptors (Lipinski definition) is 3. The van der Waals surface area contributed by atoms with E-state index in [1.54, 1.807) is 6.20 Å². The number of fused-ring (bicyclic) bond motifs is 1. The number of benzene rings is 3. The molecular formula is C33H31N5. The second-order valence-corrected chi connectivity index (χ2v) is 10.3. The maximum Gasteiger partial charge on any atom is 0.0945 e. The molecule has 1 atom stereocenters. The van der Waals surface area contributed by atoms with Crippen molar-refractivity contribution in [3.8, 4) is 5.69 Å². The highest BCUT2D eigenvalue weighted by molar-refractivity contribution is 5.84. The molecule has 0 saturated carbocycles. The number of aryl methyl sites for hydroxylation is 3. The van der Waals surface area contributed by atoms with Gasteiger partial charge in [-0.15, -0.1) is 0 Å². The molecule has 6 rings (SSSR count). The Hall–Kier alpha value is -4.51. The Balaban J connectivity index is 1.41. The summed E-state index contributed by atoms with van der Waals surface area (Å²) in [6, 6.07) is 26.1. The average Bonchev–Trinajstić information content (AvgIpc) is 3.63.